The summed E-state index contributed by atoms with van der Waals surface area (Å²) in [6.45, 7) is 2.33. The second kappa shape index (κ2) is 3.02. The van der Waals surface area contributed by atoms with Gasteiger partial charge in [0.15, 0.2) is 0 Å². The van der Waals surface area contributed by atoms with Gasteiger partial charge >= 0.3 is 0 Å². The molecular formula is C11H9NS4. The summed E-state index contributed by atoms with van der Waals surface area (Å²) in [5, 5.41) is 3.71. The van der Waals surface area contributed by atoms with Crippen LogP contribution in [0.15, 0.2) is 27.4 Å². The third kappa shape index (κ3) is 1.05. The molecule has 0 saturated heterocycles. The van der Waals surface area contributed by atoms with E-state index in [1.165, 1.54) is 19.2 Å². The van der Waals surface area contributed by atoms with Crippen molar-refractivity contribution >= 4 is 55.6 Å². The van der Waals surface area contributed by atoms with Gasteiger partial charge < -0.3 is 5.73 Å². The monoisotopic (exact) mass is 283 g/mol. The smallest absolute Gasteiger partial charge is 0.0704 e. The maximum absolute atomic E-state index is 5.95. The average Bonchev–Trinajstić information content (AvgIpc) is 2.86. The molecule has 0 amide bonds. The predicted molar refractivity (Wildman–Crippen MR) is 76.6 cm³/mol. The summed E-state index contributed by atoms with van der Waals surface area (Å²) in [4.78, 5) is 3.05. The molecule has 1 nitrogen and oxygen atoms in total. The van der Waals surface area contributed by atoms with Crippen LogP contribution in [-0.2, 0) is 4.75 Å². The summed E-state index contributed by atoms with van der Waals surface area (Å²) in [5.41, 5.74) is 5.95. The SMILES string of the molecule is CC12SC(N)=CC1Sc1c2sc2ccsc12. The van der Waals surface area contributed by atoms with E-state index in [2.05, 4.69) is 24.4 Å². The molecule has 4 rings (SSSR count). The molecular weight excluding hydrogens is 274 g/mol. The Bertz CT molecular complexity index is 623. The lowest BCUT2D eigenvalue weighted by Crippen LogP contribution is -2.20. The van der Waals surface area contributed by atoms with Crippen LogP contribution in [0.5, 0.6) is 0 Å². The second-order valence-electron chi connectivity index (χ2n) is 4.19. The van der Waals surface area contributed by atoms with Crippen molar-refractivity contribution in [2.75, 3.05) is 0 Å². The summed E-state index contributed by atoms with van der Waals surface area (Å²) in [6, 6.07) is 2.23. The molecule has 4 heterocycles. The van der Waals surface area contributed by atoms with Crippen molar-refractivity contribution in [2.45, 2.75) is 21.8 Å². The normalized spacial score (nSPS) is 31.8. The van der Waals surface area contributed by atoms with E-state index in [-0.39, 0.29) is 4.75 Å². The van der Waals surface area contributed by atoms with Crippen molar-refractivity contribution in [3.05, 3.63) is 27.4 Å². The minimum Gasteiger partial charge on any atom is -0.394 e. The first-order valence-electron chi connectivity index (χ1n) is 5.02. The van der Waals surface area contributed by atoms with Crippen LogP contribution in [0.25, 0.3) is 9.40 Å². The number of hydrogen-bond donors (Lipinski definition) is 1. The molecule has 0 radical (unpaired) electrons. The van der Waals surface area contributed by atoms with Gasteiger partial charge in [-0.3, -0.25) is 0 Å². The third-order valence-electron chi connectivity index (χ3n) is 3.14. The van der Waals surface area contributed by atoms with E-state index in [1.54, 1.807) is 0 Å². The van der Waals surface area contributed by atoms with Crippen LogP contribution in [0.1, 0.15) is 11.8 Å². The van der Waals surface area contributed by atoms with Gasteiger partial charge in [0.2, 0.25) is 0 Å². The Morgan fingerprint density at radius 2 is 2.31 bits per heavy atom. The molecule has 2 unspecified atom stereocenters. The maximum Gasteiger partial charge on any atom is 0.0704 e. The van der Waals surface area contributed by atoms with Gasteiger partial charge in [0.05, 0.1) is 19.7 Å². The number of rotatable bonds is 0. The van der Waals surface area contributed by atoms with Crippen molar-refractivity contribution in [3.63, 3.8) is 0 Å². The second-order valence-corrected chi connectivity index (χ2v) is 8.83. The van der Waals surface area contributed by atoms with Crippen LogP contribution in [0.4, 0.5) is 0 Å². The topological polar surface area (TPSA) is 26.0 Å². The van der Waals surface area contributed by atoms with Gasteiger partial charge in [0, 0.05) is 14.5 Å². The van der Waals surface area contributed by atoms with Crippen molar-refractivity contribution < 1.29 is 0 Å². The first-order valence-corrected chi connectivity index (χ1v) is 8.41. The fourth-order valence-electron chi connectivity index (χ4n) is 2.33. The quantitative estimate of drug-likeness (QED) is 0.785. The van der Waals surface area contributed by atoms with Crippen LogP contribution < -0.4 is 5.73 Å². The fraction of sp³-hybridized carbons (Fsp3) is 0.273. The standard InChI is InChI=1S/C11H9NS4/c1-11-6(4-7(12)16-11)15-9-8-5(2-3-13-8)14-10(9)11/h2-4,6H,12H2,1H3. The zero-order valence-electron chi connectivity index (χ0n) is 8.52. The third-order valence-corrected chi connectivity index (χ3v) is 8.89. The Morgan fingerprint density at radius 3 is 3.19 bits per heavy atom. The molecule has 0 spiro atoms. The summed E-state index contributed by atoms with van der Waals surface area (Å²) >= 11 is 7.64. The van der Waals surface area contributed by atoms with Crippen LogP contribution in [-0.4, -0.2) is 5.25 Å². The number of hydrogen-bond acceptors (Lipinski definition) is 5. The van der Waals surface area contributed by atoms with Gasteiger partial charge in [0.1, 0.15) is 0 Å². The lowest BCUT2D eigenvalue weighted by molar-refractivity contribution is 0.760. The lowest BCUT2D eigenvalue weighted by Gasteiger charge is -2.21. The predicted octanol–water partition coefficient (Wildman–Crippen LogP) is 4.20. The van der Waals surface area contributed by atoms with Crippen molar-refractivity contribution in [1.82, 2.24) is 0 Å². The Balaban J connectivity index is 1.98. The van der Waals surface area contributed by atoms with Gasteiger partial charge in [-0.1, -0.05) is 11.8 Å². The summed E-state index contributed by atoms with van der Waals surface area (Å²) in [7, 11) is 0. The van der Waals surface area contributed by atoms with E-state index in [1.807, 2.05) is 46.2 Å². The molecule has 2 aliphatic heterocycles. The van der Waals surface area contributed by atoms with E-state index < -0.39 is 0 Å². The molecule has 0 fully saturated rings. The van der Waals surface area contributed by atoms with Crippen LogP contribution in [0.3, 0.4) is 0 Å². The number of fused-ring (bicyclic) bond motifs is 5. The minimum absolute atomic E-state index is 0.188. The van der Waals surface area contributed by atoms with Gasteiger partial charge in [-0.05, 0) is 24.4 Å². The van der Waals surface area contributed by atoms with Crippen LogP contribution in [0, 0.1) is 0 Å². The summed E-state index contributed by atoms with van der Waals surface area (Å²) in [6.07, 6.45) is 2.22. The van der Waals surface area contributed by atoms with E-state index >= 15 is 0 Å². The average molecular weight is 283 g/mol. The molecule has 16 heavy (non-hydrogen) atoms. The van der Waals surface area contributed by atoms with E-state index in [0.717, 1.165) is 5.03 Å². The first kappa shape index (κ1) is 9.88. The Kier molecular flexibility index (Phi) is 1.86. The fourth-order valence-corrected chi connectivity index (χ4v) is 8.37. The first-order chi connectivity index (χ1) is 7.68. The number of nitrogens with two attached hydrogens (primary N) is 1. The van der Waals surface area contributed by atoms with E-state index in [0.29, 0.717) is 5.25 Å². The largest absolute Gasteiger partial charge is 0.394 e. The van der Waals surface area contributed by atoms with Crippen molar-refractivity contribution in [2.24, 2.45) is 5.73 Å². The molecule has 2 atom stereocenters. The molecule has 82 valence electrons. The van der Waals surface area contributed by atoms with Crippen molar-refractivity contribution in [3.8, 4) is 0 Å². The molecule has 2 aliphatic rings. The molecule has 0 bridgehead atoms. The zero-order valence-corrected chi connectivity index (χ0v) is 11.8. The molecule has 5 heteroatoms. The van der Waals surface area contributed by atoms with Gasteiger partial charge in [-0.15, -0.1) is 34.4 Å². The molecule has 2 N–H and O–H groups in total. The zero-order chi connectivity index (χ0) is 10.9. The highest BCUT2D eigenvalue weighted by Gasteiger charge is 2.50. The maximum atomic E-state index is 5.95. The lowest BCUT2D eigenvalue weighted by atomic mass is 10.1. The summed E-state index contributed by atoms with van der Waals surface area (Å²) < 4.78 is 3.11. The molecule has 0 aromatic carbocycles. The molecule has 2 aromatic heterocycles. The molecule has 2 aromatic rings. The minimum atomic E-state index is 0.188. The number of thioether (sulfide) groups is 2. The van der Waals surface area contributed by atoms with E-state index in [9.17, 15) is 0 Å². The Morgan fingerprint density at radius 1 is 1.44 bits per heavy atom. The van der Waals surface area contributed by atoms with Crippen LogP contribution in [0.2, 0.25) is 0 Å². The highest BCUT2D eigenvalue weighted by molar-refractivity contribution is 8.08. The van der Waals surface area contributed by atoms with Gasteiger partial charge in [-0.2, -0.15) is 0 Å². The summed E-state index contributed by atoms with van der Waals surface area (Å²) in [5.74, 6) is 0. The Labute approximate surface area is 110 Å². The van der Waals surface area contributed by atoms with Crippen molar-refractivity contribution in [1.29, 1.82) is 0 Å². The Hall–Kier alpha value is -0.100. The van der Waals surface area contributed by atoms with Gasteiger partial charge in [0.25, 0.3) is 0 Å². The molecule has 0 aliphatic carbocycles. The highest BCUT2D eigenvalue weighted by Crippen LogP contribution is 2.65. The van der Waals surface area contributed by atoms with Crippen LogP contribution >= 0.6 is 46.2 Å². The number of thiophene rings is 2. The van der Waals surface area contributed by atoms with E-state index in [4.69, 9.17) is 5.73 Å². The van der Waals surface area contributed by atoms with Gasteiger partial charge in [-0.25, -0.2) is 0 Å². The highest BCUT2D eigenvalue weighted by atomic mass is 32.2. The molecule has 0 saturated carbocycles.